The third-order valence-corrected chi connectivity index (χ3v) is 3.55. The van der Waals surface area contributed by atoms with E-state index in [4.69, 9.17) is 5.11 Å². The standard InChI is InChI=1S/C17H24N2O2/c1-4-14(2)19(3)12-11-18-17(21)16-9-7-15(8-10-16)6-5-13-20/h7-10,14,20H,4,11-13H2,1-3H3,(H,18,21). The largest absolute Gasteiger partial charge is 0.384 e. The minimum atomic E-state index is -0.161. The summed E-state index contributed by atoms with van der Waals surface area (Å²) in [4.78, 5) is 14.2. The summed E-state index contributed by atoms with van der Waals surface area (Å²) < 4.78 is 0. The molecule has 0 aliphatic rings. The Kier molecular flexibility index (Phi) is 7.52. The van der Waals surface area contributed by atoms with Gasteiger partial charge in [0.25, 0.3) is 5.91 Å². The molecule has 1 aromatic rings. The van der Waals surface area contributed by atoms with Crippen molar-refractivity contribution in [2.24, 2.45) is 0 Å². The van der Waals surface area contributed by atoms with Crippen molar-refractivity contribution in [2.45, 2.75) is 26.3 Å². The van der Waals surface area contributed by atoms with E-state index in [2.05, 4.69) is 43.0 Å². The predicted molar refractivity (Wildman–Crippen MR) is 85.1 cm³/mol. The molecule has 114 valence electrons. The van der Waals surface area contributed by atoms with E-state index in [0.29, 0.717) is 18.2 Å². The van der Waals surface area contributed by atoms with E-state index in [9.17, 15) is 4.79 Å². The Balaban J connectivity index is 2.45. The quantitative estimate of drug-likeness (QED) is 0.780. The molecule has 21 heavy (non-hydrogen) atoms. The molecule has 1 rings (SSSR count). The Morgan fingerprint density at radius 1 is 1.38 bits per heavy atom. The van der Waals surface area contributed by atoms with Gasteiger partial charge in [0.2, 0.25) is 0 Å². The number of rotatable bonds is 6. The third kappa shape index (κ3) is 5.99. The van der Waals surface area contributed by atoms with Gasteiger partial charge in [0.05, 0.1) is 0 Å². The van der Waals surface area contributed by atoms with Crippen LogP contribution in [0.25, 0.3) is 0 Å². The van der Waals surface area contributed by atoms with Crippen molar-refractivity contribution >= 4 is 5.91 Å². The molecule has 0 saturated carbocycles. The van der Waals surface area contributed by atoms with Crippen molar-refractivity contribution in [3.05, 3.63) is 35.4 Å². The number of nitrogens with zero attached hydrogens (tertiary/aromatic N) is 1. The Bertz CT molecular complexity index is 500. The van der Waals surface area contributed by atoms with E-state index in [1.807, 2.05) is 0 Å². The van der Waals surface area contributed by atoms with E-state index in [0.717, 1.165) is 18.5 Å². The van der Waals surface area contributed by atoms with E-state index < -0.39 is 0 Å². The molecule has 1 aromatic carbocycles. The third-order valence-electron chi connectivity index (χ3n) is 3.55. The molecule has 0 spiro atoms. The lowest BCUT2D eigenvalue weighted by molar-refractivity contribution is 0.0947. The van der Waals surface area contributed by atoms with E-state index in [1.165, 1.54) is 0 Å². The SMILES string of the molecule is CCC(C)N(C)CCNC(=O)c1ccc(C#CCO)cc1. The second-order valence-corrected chi connectivity index (χ2v) is 5.03. The van der Waals surface area contributed by atoms with Crippen LogP contribution < -0.4 is 5.32 Å². The highest BCUT2D eigenvalue weighted by atomic mass is 16.2. The van der Waals surface area contributed by atoms with Gasteiger partial charge in [-0.3, -0.25) is 4.79 Å². The number of amides is 1. The second-order valence-electron chi connectivity index (χ2n) is 5.03. The van der Waals surface area contributed by atoms with Crippen LogP contribution in [0.5, 0.6) is 0 Å². The Morgan fingerprint density at radius 2 is 2.05 bits per heavy atom. The van der Waals surface area contributed by atoms with Gasteiger partial charge in [0.1, 0.15) is 6.61 Å². The molecular weight excluding hydrogens is 264 g/mol. The molecule has 0 aromatic heterocycles. The number of hydrogen-bond donors (Lipinski definition) is 2. The number of benzene rings is 1. The van der Waals surface area contributed by atoms with Gasteiger partial charge >= 0.3 is 0 Å². The van der Waals surface area contributed by atoms with Crippen LogP contribution in [0.2, 0.25) is 0 Å². The lowest BCUT2D eigenvalue weighted by Gasteiger charge is -2.23. The van der Waals surface area contributed by atoms with Gasteiger partial charge < -0.3 is 15.3 Å². The summed E-state index contributed by atoms with van der Waals surface area (Å²) in [5.41, 5.74) is 1.41. The molecule has 4 nitrogen and oxygen atoms in total. The first kappa shape index (κ1) is 17.2. The summed E-state index contributed by atoms with van der Waals surface area (Å²) in [6, 6.07) is 7.57. The molecule has 1 atom stereocenters. The number of aliphatic hydroxyl groups is 1. The topological polar surface area (TPSA) is 52.6 Å². The lowest BCUT2D eigenvalue weighted by Crippen LogP contribution is -2.37. The maximum Gasteiger partial charge on any atom is 0.251 e. The first-order valence-electron chi connectivity index (χ1n) is 7.26. The normalized spacial score (nSPS) is 11.7. The fourth-order valence-corrected chi connectivity index (χ4v) is 1.83. The monoisotopic (exact) mass is 288 g/mol. The average molecular weight is 288 g/mol. The Hall–Kier alpha value is -1.83. The molecule has 0 fully saturated rings. The van der Waals surface area contributed by atoms with Gasteiger partial charge in [-0.05, 0) is 44.7 Å². The minimum absolute atomic E-state index is 0.0748. The van der Waals surface area contributed by atoms with Crippen LogP contribution in [0.1, 0.15) is 36.2 Å². The first-order chi connectivity index (χ1) is 10.1. The zero-order valence-corrected chi connectivity index (χ0v) is 13.0. The lowest BCUT2D eigenvalue weighted by atomic mass is 10.1. The number of carbonyl (C=O) groups is 1. The van der Waals surface area contributed by atoms with Crippen LogP contribution in [-0.4, -0.2) is 48.7 Å². The van der Waals surface area contributed by atoms with Gasteiger partial charge in [-0.1, -0.05) is 18.8 Å². The molecule has 0 aliphatic heterocycles. The van der Waals surface area contributed by atoms with Crippen molar-refractivity contribution in [2.75, 3.05) is 26.7 Å². The number of hydrogen-bond acceptors (Lipinski definition) is 3. The summed E-state index contributed by atoms with van der Waals surface area (Å²) in [5.74, 6) is 5.30. The van der Waals surface area contributed by atoms with Crippen LogP contribution in [-0.2, 0) is 0 Å². The smallest absolute Gasteiger partial charge is 0.251 e. The van der Waals surface area contributed by atoms with Crippen molar-refractivity contribution in [1.82, 2.24) is 10.2 Å². The van der Waals surface area contributed by atoms with Crippen LogP contribution in [0.15, 0.2) is 24.3 Å². The van der Waals surface area contributed by atoms with Crippen LogP contribution in [0.4, 0.5) is 0 Å². The summed E-state index contributed by atoms with van der Waals surface area (Å²) in [6.07, 6.45) is 1.10. The van der Waals surface area contributed by atoms with Crippen molar-refractivity contribution in [3.63, 3.8) is 0 Å². The highest BCUT2D eigenvalue weighted by molar-refractivity contribution is 5.94. The Labute approximate surface area is 127 Å². The first-order valence-corrected chi connectivity index (χ1v) is 7.26. The molecule has 1 amide bonds. The van der Waals surface area contributed by atoms with Crippen molar-refractivity contribution < 1.29 is 9.90 Å². The molecule has 4 heteroatoms. The predicted octanol–water partition coefficient (Wildman–Crippen LogP) is 1.49. The molecule has 0 bridgehead atoms. The number of likely N-dealkylation sites (N-methyl/N-ethyl adjacent to an activating group) is 1. The number of carbonyl (C=O) groups excluding carboxylic acids is 1. The molecule has 0 radical (unpaired) electrons. The summed E-state index contributed by atoms with van der Waals surface area (Å²) >= 11 is 0. The highest BCUT2D eigenvalue weighted by Crippen LogP contribution is 2.03. The summed E-state index contributed by atoms with van der Waals surface area (Å²) in [6.45, 7) is 5.63. The maximum atomic E-state index is 12.0. The molecule has 2 N–H and O–H groups in total. The van der Waals surface area contributed by atoms with Crippen molar-refractivity contribution in [1.29, 1.82) is 0 Å². The van der Waals surface area contributed by atoms with Gasteiger partial charge in [0.15, 0.2) is 0 Å². The van der Waals surface area contributed by atoms with E-state index in [1.54, 1.807) is 24.3 Å². The number of nitrogens with one attached hydrogen (secondary N) is 1. The van der Waals surface area contributed by atoms with Gasteiger partial charge in [-0.25, -0.2) is 0 Å². The molecule has 0 heterocycles. The molecule has 0 aliphatic carbocycles. The zero-order valence-electron chi connectivity index (χ0n) is 13.0. The van der Waals surface area contributed by atoms with E-state index >= 15 is 0 Å². The van der Waals surface area contributed by atoms with Gasteiger partial charge in [0, 0.05) is 30.3 Å². The summed E-state index contributed by atoms with van der Waals surface area (Å²) in [7, 11) is 2.06. The maximum absolute atomic E-state index is 12.0. The van der Waals surface area contributed by atoms with Crippen molar-refractivity contribution in [3.8, 4) is 11.8 Å². The fraction of sp³-hybridized carbons (Fsp3) is 0.471. The van der Waals surface area contributed by atoms with Crippen LogP contribution in [0.3, 0.4) is 0 Å². The molecule has 1 unspecified atom stereocenters. The van der Waals surface area contributed by atoms with Crippen LogP contribution in [0, 0.1) is 11.8 Å². The average Bonchev–Trinajstić information content (AvgIpc) is 2.52. The Morgan fingerprint density at radius 3 is 2.62 bits per heavy atom. The van der Waals surface area contributed by atoms with Crippen LogP contribution >= 0.6 is 0 Å². The second kappa shape index (κ2) is 9.17. The van der Waals surface area contributed by atoms with Gasteiger partial charge in [-0.2, -0.15) is 0 Å². The molecule has 0 saturated heterocycles. The number of aliphatic hydroxyl groups excluding tert-OH is 1. The van der Waals surface area contributed by atoms with Gasteiger partial charge in [-0.15, -0.1) is 0 Å². The zero-order chi connectivity index (χ0) is 15.7. The highest BCUT2D eigenvalue weighted by Gasteiger charge is 2.08. The molecular formula is C17H24N2O2. The fourth-order valence-electron chi connectivity index (χ4n) is 1.83. The van der Waals surface area contributed by atoms with E-state index in [-0.39, 0.29) is 12.5 Å². The summed E-state index contributed by atoms with van der Waals surface area (Å²) in [5, 5.41) is 11.5. The minimum Gasteiger partial charge on any atom is -0.384 e.